The lowest BCUT2D eigenvalue weighted by molar-refractivity contribution is -0.119. The normalized spacial score (nSPS) is 14.5. The van der Waals surface area contributed by atoms with Crippen LogP contribution in [0.3, 0.4) is 0 Å². The summed E-state index contributed by atoms with van der Waals surface area (Å²) in [6.07, 6.45) is 4.09. The van der Waals surface area contributed by atoms with E-state index in [0.717, 1.165) is 0 Å². The van der Waals surface area contributed by atoms with Crippen LogP contribution in [0.1, 0.15) is 24.0 Å². The van der Waals surface area contributed by atoms with Gasteiger partial charge in [-0.1, -0.05) is 41.4 Å². The Hall–Kier alpha value is -4.01. The highest BCUT2D eigenvalue weighted by Gasteiger charge is 2.22. The molecule has 1 aliphatic rings. The lowest BCUT2D eigenvalue weighted by atomic mass is 10.1. The van der Waals surface area contributed by atoms with Crippen molar-refractivity contribution in [3.63, 3.8) is 0 Å². The van der Waals surface area contributed by atoms with Crippen LogP contribution in [0.2, 0.25) is 10.0 Å². The van der Waals surface area contributed by atoms with Gasteiger partial charge in [0, 0.05) is 73.3 Å². The maximum absolute atomic E-state index is 15.2. The molecule has 10 nitrogen and oxygen atoms in total. The molecule has 1 amide bonds. The van der Waals surface area contributed by atoms with Crippen molar-refractivity contribution in [2.75, 3.05) is 25.0 Å². The number of amides is 1. The Morgan fingerprint density at radius 1 is 1.00 bits per heavy atom. The van der Waals surface area contributed by atoms with E-state index in [4.69, 9.17) is 33.0 Å². The molecule has 1 aromatic carbocycles. The van der Waals surface area contributed by atoms with Gasteiger partial charge in [0.2, 0.25) is 11.8 Å². The number of carbonyl (C=O) groups excluding carboxylic acids is 1. The van der Waals surface area contributed by atoms with Crippen molar-refractivity contribution in [1.29, 1.82) is 0 Å². The van der Waals surface area contributed by atoms with E-state index in [1.807, 2.05) is 0 Å². The number of rotatable bonds is 14. The molecule has 0 saturated carbocycles. The first-order chi connectivity index (χ1) is 22.2. The molecule has 0 aliphatic carbocycles. The summed E-state index contributed by atoms with van der Waals surface area (Å²) in [7, 11) is 0. The van der Waals surface area contributed by atoms with Crippen molar-refractivity contribution in [2.45, 2.75) is 38.6 Å². The molecule has 0 unspecified atom stereocenters. The predicted molar refractivity (Wildman–Crippen MR) is 169 cm³/mol. The summed E-state index contributed by atoms with van der Waals surface area (Å²) in [5.41, 5.74) is 2.45. The lowest BCUT2D eigenvalue weighted by Gasteiger charge is -2.16. The van der Waals surface area contributed by atoms with Gasteiger partial charge in [0.25, 0.3) is 0 Å². The van der Waals surface area contributed by atoms with E-state index in [9.17, 15) is 13.6 Å². The Morgan fingerprint density at radius 2 is 1.80 bits per heavy atom. The Morgan fingerprint density at radius 3 is 2.57 bits per heavy atom. The maximum Gasteiger partial charge on any atom is 0.388 e. The minimum Gasteiger partial charge on any atom is -0.417 e. The van der Waals surface area contributed by atoms with Crippen LogP contribution in [-0.4, -0.2) is 58.3 Å². The Balaban J connectivity index is 1.39. The SMILES string of the molecule is O=C1CC[C@H](CNCc2ccc(-c3ccnc(-c4cccc(Nc5nccc(CNCCO)c5F)c4Cl)c3Cl)nc2OC(F)F)N1. The quantitative estimate of drug-likeness (QED) is 0.111. The zero-order valence-electron chi connectivity index (χ0n) is 24.3. The minimum absolute atomic E-state index is 0.0165. The molecule has 46 heavy (non-hydrogen) atoms. The van der Waals surface area contributed by atoms with Crippen LogP contribution >= 0.6 is 23.2 Å². The molecule has 1 fully saturated rings. The summed E-state index contributed by atoms with van der Waals surface area (Å²) in [5, 5.41) is 21.2. The molecule has 3 aromatic heterocycles. The molecule has 242 valence electrons. The lowest BCUT2D eigenvalue weighted by Crippen LogP contribution is -2.35. The molecule has 0 spiro atoms. The van der Waals surface area contributed by atoms with Gasteiger partial charge in [-0.2, -0.15) is 8.78 Å². The van der Waals surface area contributed by atoms with Gasteiger partial charge in [0.1, 0.15) is 0 Å². The van der Waals surface area contributed by atoms with Crippen molar-refractivity contribution in [3.8, 4) is 28.4 Å². The monoisotopic (exact) mass is 675 g/mol. The summed E-state index contributed by atoms with van der Waals surface area (Å²) < 4.78 is 46.6. The molecule has 4 heterocycles. The second kappa shape index (κ2) is 15.5. The highest BCUT2D eigenvalue weighted by atomic mass is 35.5. The zero-order valence-corrected chi connectivity index (χ0v) is 25.8. The number of anilines is 2. The molecule has 4 aromatic rings. The van der Waals surface area contributed by atoms with Crippen LogP contribution in [-0.2, 0) is 17.9 Å². The maximum atomic E-state index is 15.2. The molecule has 5 rings (SSSR count). The number of aliphatic hydroxyl groups is 1. The summed E-state index contributed by atoms with van der Waals surface area (Å²) in [6, 6.07) is 11.3. The fraction of sp³-hybridized carbons (Fsp3) is 0.290. The number of alkyl halides is 2. The fourth-order valence-corrected chi connectivity index (χ4v) is 5.50. The van der Waals surface area contributed by atoms with Crippen molar-refractivity contribution < 1.29 is 27.8 Å². The first kappa shape index (κ1) is 33.4. The molecular weight excluding hydrogens is 646 g/mol. The van der Waals surface area contributed by atoms with Crippen LogP contribution in [0.4, 0.5) is 24.7 Å². The molecule has 15 heteroatoms. The van der Waals surface area contributed by atoms with E-state index in [0.29, 0.717) is 53.9 Å². The second-order valence-corrected chi connectivity index (χ2v) is 11.1. The van der Waals surface area contributed by atoms with E-state index >= 15 is 4.39 Å². The van der Waals surface area contributed by atoms with E-state index < -0.39 is 12.4 Å². The number of aromatic nitrogens is 3. The first-order valence-corrected chi connectivity index (χ1v) is 15.1. The molecule has 0 radical (unpaired) electrons. The van der Waals surface area contributed by atoms with Crippen LogP contribution in [0.5, 0.6) is 5.88 Å². The number of benzene rings is 1. The first-order valence-electron chi connectivity index (χ1n) is 14.4. The van der Waals surface area contributed by atoms with E-state index in [-0.39, 0.29) is 64.8 Å². The Labute approximate surface area is 272 Å². The van der Waals surface area contributed by atoms with Gasteiger partial charge in [-0.15, -0.1) is 0 Å². The third-order valence-corrected chi connectivity index (χ3v) is 7.97. The Kier molecular flexibility index (Phi) is 11.3. The summed E-state index contributed by atoms with van der Waals surface area (Å²) in [4.78, 5) is 24.3. The number of hydrogen-bond acceptors (Lipinski definition) is 9. The van der Waals surface area contributed by atoms with Crippen molar-refractivity contribution in [1.82, 2.24) is 30.9 Å². The van der Waals surface area contributed by atoms with Gasteiger partial charge < -0.3 is 31.1 Å². The molecule has 1 aliphatic heterocycles. The smallest absolute Gasteiger partial charge is 0.388 e. The number of ether oxygens (including phenoxy) is 1. The van der Waals surface area contributed by atoms with Crippen LogP contribution in [0.25, 0.3) is 22.5 Å². The molecule has 0 bridgehead atoms. The largest absolute Gasteiger partial charge is 0.417 e. The van der Waals surface area contributed by atoms with Crippen molar-refractivity contribution in [2.24, 2.45) is 0 Å². The third-order valence-electron chi connectivity index (χ3n) is 7.18. The molecule has 5 N–H and O–H groups in total. The molecular formula is C31H30Cl2F3N7O3. The van der Waals surface area contributed by atoms with E-state index in [2.05, 4.69) is 36.2 Å². The van der Waals surface area contributed by atoms with Crippen molar-refractivity contribution >= 4 is 40.6 Å². The van der Waals surface area contributed by atoms with Crippen LogP contribution < -0.4 is 26.0 Å². The highest BCUT2D eigenvalue weighted by Crippen LogP contribution is 2.41. The number of aliphatic hydroxyl groups excluding tert-OH is 1. The van der Waals surface area contributed by atoms with Crippen LogP contribution in [0, 0.1) is 5.82 Å². The van der Waals surface area contributed by atoms with Crippen LogP contribution in [0.15, 0.2) is 54.9 Å². The average Bonchev–Trinajstić information content (AvgIpc) is 3.45. The van der Waals surface area contributed by atoms with E-state index in [1.54, 1.807) is 36.4 Å². The summed E-state index contributed by atoms with van der Waals surface area (Å²) in [5.74, 6) is -0.910. The van der Waals surface area contributed by atoms with Gasteiger partial charge >= 0.3 is 6.61 Å². The molecule has 1 atom stereocenters. The number of hydrogen-bond donors (Lipinski definition) is 5. The van der Waals surface area contributed by atoms with Crippen molar-refractivity contribution in [3.05, 3.63) is 81.8 Å². The summed E-state index contributed by atoms with van der Waals surface area (Å²) in [6.45, 7) is -2.03. The third kappa shape index (κ3) is 8.03. The topological polar surface area (TPSA) is 133 Å². The summed E-state index contributed by atoms with van der Waals surface area (Å²) >= 11 is 13.6. The standard InChI is InChI=1S/C31H30Cl2F3N7O3/c32-25-21(2-1-3-23(25)42-29-27(34)17(8-10-40-29)14-37-12-13-44)28-26(33)20(9-11-39-28)22-6-4-18(30(43-22)46-31(35)36)15-38-16-19-5-7-24(45)41-19/h1-4,6,8-11,19,31,37-38,44H,5,7,12-16H2,(H,40,42)(H,41,45)/t19-/m1/s1. The number of nitrogens with one attached hydrogen (secondary N) is 4. The predicted octanol–water partition coefficient (Wildman–Crippen LogP) is 5.45. The van der Waals surface area contributed by atoms with Gasteiger partial charge in [0.15, 0.2) is 11.6 Å². The Bertz CT molecular complexity index is 1700. The van der Waals surface area contributed by atoms with Gasteiger partial charge in [0.05, 0.1) is 33.7 Å². The second-order valence-electron chi connectivity index (χ2n) is 10.3. The highest BCUT2D eigenvalue weighted by molar-refractivity contribution is 6.39. The number of halogens is 5. The number of pyridine rings is 3. The van der Waals surface area contributed by atoms with E-state index in [1.165, 1.54) is 18.5 Å². The fourth-order valence-electron chi connectivity index (χ4n) is 4.93. The zero-order chi connectivity index (χ0) is 32.6. The van der Waals surface area contributed by atoms with Gasteiger partial charge in [-0.3, -0.25) is 9.78 Å². The average molecular weight is 677 g/mol. The minimum atomic E-state index is -3.11. The number of carbonyl (C=O) groups is 1. The molecule has 1 saturated heterocycles. The van der Waals surface area contributed by atoms with Gasteiger partial charge in [-0.25, -0.2) is 14.4 Å². The van der Waals surface area contributed by atoms with Gasteiger partial charge in [-0.05, 0) is 30.7 Å². The number of nitrogens with zero attached hydrogens (tertiary/aromatic N) is 3.